The van der Waals surface area contributed by atoms with Crippen molar-refractivity contribution in [1.82, 2.24) is 4.57 Å². The molecule has 0 bridgehead atoms. The summed E-state index contributed by atoms with van der Waals surface area (Å²) in [6, 6.07) is 8.22. The van der Waals surface area contributed by atoms with Crippen molar-refractivity contribution < 1.29 is 14.1 Å². The molecule has 0 atom stereocenters. The number of carbonyl (C=O) groups excluding carboxylic acids is 1. The molecule has 2 rings (SSSR count). The molecule has 0 saturated carbocycles. The van der Waals surface area contributed by atoms with Crippen molar-refractivity contribution in [2.24, 2.45) is 7.05 Å². The van der Waals surface area contributed by atoms with E-state index in [1.54, 1.807) is 0 Å². The Hall–Kier alpha value is -1.84. The number of fused-ring (bicyclic) bond motifs is 1. The minimum Gasteiger partial charge on any atom is -0.463 e. The van der Waals surface area contributed by atoms with Gasteiger partial charge in [0, 0.05) is 6.42 Å². The highest BCUT2D eigenvalue weighted by atomic mass is 16.5. The number of esters is 1. The van der Waals surface area contributed by atoms with Crippen LogP contribution < -0.4 is 4.57 Å². The van der Waals surface area contributed by atoms with E-state index in [2.05, 4.69) is 42.2 Å². The van der Waals surface area contributed by atoms with Crippen LogP contribution in [0.2, 0.25) is 0 Å². The van der Waals surface area contributed by atoms with Crippen LogP contribution in [0, 0.1) is 0 Å². The fraction of sp³-hybridized carbons (Fsp3) is 0.636. The lowest BCUT2D eigenvalue weighted by Gasteiger charge is -2.05. The van der Waals surface area contributed by atoms with Gasteiger partial charge in [-0.1, -0.05) is 70.9 Å². The van der Waals surface area contributed by atoms with Gasteiger partial charge < -0.3 is 4.74 Å². The molecule has 0 aliphatic heterocycles. The van der Waals surface area contributed by atoms with E-state index in [1.165, 1.54) is 38.5 Å². The summed E-state index contributed by atoms with van der Waals surface area (Å²) in [4.78, 5) is 12.3. The lowest BCUT2D eigenvalue weighted by atomic mass is 10.1. The molecule has 0 unspecified atom stereocenters. The Morgan fingerprint density at radius 2 is 1.65 bits per heavy atom. The number of aromatic nitrogens is 2. The monoisotopic (exact) mass is 359 g/mol. The molecule has 1 heterocycles. The molecule has 26 heavy (non-hydrogen) atoms. The molecule has 0 spiro atoms. The van der Waals surface area contributed by atoms with E-state index in [0.717, 1.165) is 36.1 Å². The number of hydrogen-bond donors (Lipinski definition) is 0. The summed E-state index contributed by atoms with van der Waals surface area (Å²) in [6.45, 7) is 5.20. The van der Waals surface area contributed by atoms with Gasteiger partial charge in [-0.2, -0.15) is 0 Å². The van der Waals surface area contributed by atoms with E-state index in [9.17, 15) is 4.79 Å². The number of unbranched alkanes of at least 4 members (excludes halogenated alkanes) is 7. The third-order valence-corrected chi connectivity index (χ3v) is 5.10. The molecule has 0 aliphatic carbocycles. The number of ether oxygens (including phenoxy) is 1. The van der Waals surface area contributed by atoms with Gasteiger partial charge in [-0.05, 0) is 18.6 Å². The van der Waals surface area contributed by atoms with Crippen molar-refractivity contribution in [1.29, 1.82) is 0 Å². The number of nitrogens with zero attached hydrogens (tertiary/aromatic N) is 2. The molecule has 0 fully saturated rings. The number of para-hydroxylation sites is 2. The summed E-state index contributed by atoms with van der Waals surface area (Å²) in [5, 5.41) is 0. The van der Waals surface area contributed by atoms with Crippen LogP contribution >= 0.6 is 0 Å². The van der Waals surface area contributed by atoms with E-state index in [0.29, 0.717) is 13.2 Å². The van der Waals surface area contributed by atoms with Gasteiger partial charge in [0.25, 0.3) is 5.82 Å². The first-order chi connectivity index (χ1) is 12.7. The first-order valence-corrected chi connectivity index (χ1v) is 10.3. The average Bonchev–Trinajstić information content (AvgIpc) is 2.92. The largest absolute Gasteiger partial charge is 0.463 e. The minimum absolute atomic E-state index is 0.135. The summed E-state index contributed by atoms with van der Waals surface area (Å²) in [6.07, 6.45) is 10.9. The molecule has 144 valence electrons. The van der Waals surface area contributed by atoms with Crippen molar-refractivity contribution in [3.63, 3.8) is 0 Å². The van der Waals surface area contributed by atoms with Crippen LogP contribution in [0.4, 0.5) is 0 Å². The Kier molecular flexibility index (Phi) is 8.66. The highest BCUT2D eigenvalue weighted by molar-refractivity contribution is 5.76. The molecular formula is C22H35N2O2+. The molecule has 4 nitrogen and oxygen atoms in total. The topological polar surface area (TPSA) is 35.1 Å². The zero-order valence-electron chi connectivity index (χ0n) is 16.8. The van der Waals surface area contributed by atoms with Crippen LogP contribution in [0.25, 0.3) is 11.0 Å². The second kappa shape index (κ2) is 11.0. The first kappa shape index (κ1) is 20.5. The molecule has 2 aromatic rings. The number of rotatable bonds is 12. The maximum absolute atomic E-state index is 12.3. The van der Waals surface area contributed by atoms with Gasteiger partial charge in [-0.3, -0.25) is 0 Å². The SMILES string of the molecule is CCCCCCCCCCOC(=O)Cn1c(CC)[n+](C)c2ccccc21. The number of carbonyl (C=O) groups is 1. The third kappa shape index (κ3) is 5.58. The predicted molar refractivity (Wildman–Crippen MR) is 106 cm³/mol. The highest BCUT2D eigenvalue weighted by Crippen LogP contribution is 2.15. The number of imidazole rings is 1. The van der Waals surface area contributed by atoms with Crippen molar-refractivity contribution in [3.8, 4) is 0 Å². The van der Waals surface area contributed by atoms with Crippen LogP contribution in [0.5, 0.6) is 0 Å². The van der Waals surface area contributed by atoms with E-state index < -0.39 is 0 Å². The van der Waals surface area contributed by atoms with E-state index in [-0.39, 0.29) is 5.97 Å². The zero-order valence-corrected chi connectivity index (χ0v) is 16.8. The summed E-state index contributed by atoms with van der Waals surface area (Å²) in [7, 11) is 2.06. The van der Waals surface area contributed by atoms with E-state index >= 15 is 0 Å². The Bertz CT molecular complexity index is 691. The third-order valence-electron chi connectivity index (χ3n) is 5.10. The van der Waals surface area contributed by atoms with E-state index in [1.807, 2.05) is 12.1 Å². The number of aryl methyl sites for hydroxylation is 1. The molecule has 0 radical (unpaired) electrons. The number of benzene rings is 1. The Morgan fingerprint density at radius 1 is 1.00 bits per heavy atom. The molecule has 1 aromatic heterocycles. The van der Waals surface area contributed by atoms with Crippen molar-refractivity contribution in [3.05, 3.63) is 30.1 Å². The van der Waals surface area contributed by atoms with Gasteiger partial charge in [0.1, 0.15) is 0 Å². The lowest BCUT2D eigenvalue weighted by Crippen LogP contribution is -2.33. The molecular weight excluding hydrogens is 324 g/mol. The van der Waals surface area contributed by atoms with Crippen LogP contribution in [0.3, 0.4) is 0 Å². The Morgan fingerprint density at radius 3 is 2.35 bits per heavy atom. The summed E-state index contributed by atoms with van der Waals surface area (Å²) in [5.74, 6) is 1.01. The van der Waals surface area contributed by atoms with Crippen LogP contribution in [-0.4, -0.2) is 17.1 Å². The van der Waals surface area contributed by atoms with Gasteiger partial charge in [0.2, 0.25) is 0 Å². The maximum Gasteiger partial charge on any atom is 0.348 e. The van der Waals surface area contributed by atoms with Gasteiger partial charge in [0.15, 0.2) is 17.6 Å². The smallest absolute Gasteiger partial charge is 0.348 e. The van der Waals surface area contributed by atoms with Crippen LogP contribution in [0.1, 0.15) is 71.0 Å². The number of hydrogen-bond acceptors (Lipinski definition) is 2. The maximum atomic E-state index is 12.3. The fourth-order valence-corrected chi connectivity index (χ4v) is 3.64. The first-order valence-electron chi connectivity index (χ1n) is 10.3. The van der Waals surface area contributed by atoms with Crippen LogP contribution in [0.15, 0.2) is 24.3 Å². The summed E-state index contributed by atoms with van der Waals surface area (Å²) in [5.41, 5.74) is 2.25. The normalized spacial score (nSPS) is 11.2. The minimum atomic E-state index is -0.135. The fourth-order valence-electron chi connectivity index (χ4n) is 3.64. The lowest BCUT2D eigenvalue weighted by molar-refractivity contribution is -0.653. The highest BCUT2D eigenvalue weighted by Gasteiger charge is 2.23. The quantitative estimate of drug-likeness (QED) is 0.312. The Labute approximate surface area is 158 Å². The van der Waals surface area contributed by atoms with Crippen LogP contribution in [-0.2, 0) is 29.5 Å². The molecule has 0 saturated heterocycles. The standard InChI is InChI=1S/C22H35N2O2/c1-4-6-7-8-9-10-11-14-17-26-22(25)18-24-20-16-13-12-15-19(20)23(3)21(24)5-2/h12-13,15-16H,4-11,14,17-18H2,1-3H3/q+1. The Balaban J connectivity index is 1.76. The van der Waals surface area contributed by atoms with Crippen molar-refractivity contribution in [2.45, 2.75) is 78.2 Å². The predicted octanol–water partition coefficient (Wildman–Crippen LogP) is 4.71. The van der Waals surface area contributed by atoms with Gasteiger partial charge in [0.05, 0.1) is 13.7 Å². The van der Waals surface area contributed by atoms with Gasteiger partial charge in [-0.15, -0.1) is 0 Å². The van der Waals surface area contributed by atoms with Gasteiger partial charge in [-0.25, -0.2) is 13.9 Å². The molecule has 0 aliphatic rings. The zero-order chi connectivity index (χ0) is 18.8. The van der Waals surface area contributed by atoms with Crippen molar-refractivity contribution in [2.75, 3.05) is 6.61 Å². The molecule has 1 aromatic carbocycles. The van der Waals surface area contributed by atoms with Crippen molar-refractivity contribution >= 4 is 17.0 Å². The second-order valence-corrected chi connectivity index (χ2v) is 7.10. The average molecular weight is 360 g/mol. The summed E-state index contributed by atoms with van der Waals surface area (Å²) >= 11 is 0. The molecule has 0 amide bonds. The summed E-state index contributed by atoms with van der Waals surface area (Å²) < 4.78 is 9.74. The molecule has 4 heteroatoms. The van der Waals surface area contributed by atoms with Gasteiger partial charge >= 0.3 is 5.97 Å². The second-order valence-electron chi connectivity index (χ2n) is 7.10. The molecule has 0 N–H and O–H groups in total. The van der Waals surface area contributed by atoms with E-state index in [4.69, 9.17) is 4.74 Å².